The van der Waals surface area contributed by atoms with E-state index in [2.05, 4.69) is 6.92 Å². The molecule has 5 heteroatoms. The number of halogens is 3. The van der Waals surface area contributed by atoms with Gasteiger partial charge in [-0.3, -0.25) is 9.59 Å². The minimum absolute atomic E-state index is 0.0822. The molecule has 0 fully saturated rings. The number of rotatable bonds is 14. The fourth-order valence-corrected chi connectivity index (χ4v) is 2.35. The summed E-state index contributed by atoms with van der Waals surface area (Å²) in [6.45, 7) is 2.20. The maximum absolute atomic E-state index is 12.0. The molecule has 130 valence electrons. The van der Waals surface area contributed by atoms with E-state index in [-0.39, 0.29) is 6.42 Å². The van der Waals surface area contributed by atoms with Crippen molar-refractivity contribution in [3.05, 3.63) is 0 Å². The number of hydrogen-bond donors (Lipinski definition) is 0. The van der Waals surface area contributed by atoms with E-state index < -0.39 is 24.2 Å². The summed E-state index contributed by atoms with van der Waals surface area (Å²) in [5, 5.41) is 0. The molecule has 0 radical (unpaired) electrons. The topological polar surface area (TPSA) is 34.1 Å². The van der Waals surface area contributed by atoms with E-state index in [0.29, 0.717) is 6.42 Å². The van der Waals surface area contributed by atoms with E-state index >= 15 is 0 Å². The van der Waals surface area contributed by atoms with Gasteiger partial charge in [0.05, 0.1) is 6.42 Å². The lowest BCUT2D eigenvalue weighted by Gasteiger charge is -2.04. The van der Waals surface area contributed by atoms with Gasteiger partial charge in [0, 0.05) is 6.42 Å². The fourth-order valence-electron chi connectivity index (χ4n) is 2.35. The molecule has 0 aliphatic carbocycles. The van der Waals surface area contributed by atoms with Crippen molar-refractivity contribution in [3.8, 4) is 0 Å². The van der Waals surface area contributed by atoms with Gasteiger partial charge in [-0.25, -0.2) is 0 Å². The first-order valence-corrected chi connectivity index (χ1v) is 8.49. The summed E-state index contributed by atoms with van der Waals surface area (Å²) < 4.78 is 35.9. The largest absolute Gasteiger partial charge is 0.450 e. The Morgan fingerprint density at radius 1 is 0.727 bits per heavy atom. The molecular weight excluding hydrogens is 293 g/mol. The number of ketones is 2. The van der Waals surface area contributed by atoms with Gasteiger partial charge in [-0.2, -0.15) is 13.2 Å². The van der Waals surface area contributed by atoms with Gasteiger partial charge in [0.15, 0.2) is 0 Å². The molecule has 0 bridgehead atoms. The van der Waals surface area contributed by atoms with Gasteiger partial charge >= 0.3 is 6.18 Å². The van der Waals surface area contributed by atoms with Gasteiger partial charge in [0.25, 0.3) is 0 Å². The van der Waals surface area contributed by atoms with Crippen molar-refractivity contribution in [1.29, 1.82) is 0 Å². The standard InChI is InChI=1S/C17H29F3O2/c1-2-3-4-5-6-7-8-9-10-11-12-13-15(21)14-16(22)17(18,19)20/h2-14H2,1H3. The molecule has 0 aliphatic heterocycles. The first-order chi connectivity index (χ1) is 10.4. The summed E-state index contributed by atoms with van der Waals surface area (Å²) in [6, 6.07) is 0. The van der Waals surface area contributed by atoms with E-state index in [1.807, 2.05) is 0 Å². The number of carbonyl (C=O) groups is 2. The molecule has 0 aromatic rings. The van der Waals surface area contributed by atoms with Gasteiger partial charge in [-0.15, -0.1) is 0 Å². The van der Waals surface area contributed by atoms with E-state index in [9.17, 15) is 22.8 Å². The molecule has 0 saturated heterocycles. The van der Waals surface area contributed by atoms with Crippen molar-refractivity contribution in [2.45, 2.75) is 96.6 Å². The van der Waals surface area contributed by atoms with Crippen LogP contribution in [-0.4, -0.2) is 17.7 Å². The summed E-state index contributed by atoms with van der Waals surface area (Å²) in [7, 11) is 0. The van der Waals surface area contributed by atoms with E-state index in [4.69, 9.17) is 0 Å². The molecule has 0 unspecified atom stereocenters. The summed E-state index contributed by atoms with van der Waals surface area (Å²) in [5.41, 5.74) is 0. The van der Waals surface area contributed by atoms with Crippen LogP contribution >= 0.6 is 0 Å². The molecule has 0 aromatic carbocycles. The van der Waals surface area contributed by atoms with Crippen LogP contribution in [0.3, 0.4) is 0 Å². The Balaban J connectivity index is 3.36. The van der Waals surface area contributed by atoms with Crippen LogP contribution in [0, 0.1) is 0 Å². The maximum atomic E-state index is 12.0. The molecule has 0 heterocycles. The Morgan fingerprint density at radius 2 is 1.14 bits per heavy atom. The zero-order valence-electron chi connectivity index (χ0n) is 13.6. The predicted molar refractivity (Wildman–Crippen MR) is 81.8 cm³/mol. The average Bonchev–Trinajstić information content (AvgIpc) is 2.43. The Kier molecular flexibility index (Phi) is 12.2. The second-order valence-electron chi connectivity index (χ2n) is 5.92. The number of hydrogen-bond acceptors (Lipinski definition) is 2. The quantitative estimate of drug-likeness (QED) is 0.300. The van der Waals surface area contributed by atoms with Gasteiger partial charge < -0.3 is 0 Å². The number of alkyl halides is 3. The maximum Gasteiger partial charge on any atom is 0.450 e. The van der Waals surface area contributed by atoms with Crippen LogP contribution in [0.4, 0.5) is 13.2 Å². The summed E-state index contributed by atoms with van der Waals surface area (Å²) in [5.74, 6) is -2.53. The van der Waals surface area contributed by atoms with Gasteiger partial charge in [0.1, 0.15) is 5.78 Å². The summed E-state index contributed by atoms with van der Waals surface area (Å²) >= 11 is 0. The lowest BCUT2D eigenvalue weighted by Crippen LogP contribution is -2.25. The van der Waals surface area contributed by atoms with Gasteiger partial charge in [-0.05, 0) is 6.42 Å². The Labute approximate surface area is 131 Å². The van der Waals surface area contributed by atoms with Gasteiger partial charge in [0.2, 0.25) is 5.78 Å². The van der Waals surface area contributed by atoms with Crippen molar-refractivity contribution in [3.63, 3.8) is 0 Å². The first kappa shape index (κ1) is 21.1. The third kappa shape index (κ3) is 12.8. The first-order valence-electron chi connectivity index (χ1n) is 8.49. The molecule has 0 aromatic heterocycles. The highest BCUT2D eigenvalue weighted by atomic mass is 19.4. The minimum atomic E-state index is -4.88. The number of Topliss-reactive ketones (excluding diaryl/α,β-unsaturated/α-hetero) is 2. The highest BCUT2D eigenvalue weighted by Gasteiger charge is 2.38. The molecule has 0 saturated carbocycles. The normalized spacial score (nSPS) is 11.6. The van der Waals surface area contributed by atoms with E-state index in [0.717, 1.165) is 19.3 Å². The number of carbonyl (C=O) groups excluding carboxylic acids is 2. The molecule has 0 amide bonds. The Bertz CT molecular complexity index is 312. The molecule has 0 atom stereocenters. The highest BCUT2D eigenvalue weighted by Crippen LogP contribution is 2.19. The lowest BCUT2D eigenvalue weighted by atomic mass is 10.0. The Hall–Kier alpha value is -0.870. The van der Waals surface area contributed by atoms with E-state index in [1.54, 1.807) is 0 Å². The van der Waals surface area contributed by atoms with Crippen molar-refractivity contribution in [2.24, 2.45) is 0 Å². The van der Waals surface area contributed by atoms with Crippen molar-refractivity contribution in [2.75, 3.05) is 0 Å². The third-order valence-electron chi connectivity index (χ3n) is 3.73. The molecule has 0 aliphatic rings. The fraction of sp³-hybridized carbons (Fsp3) is 0.882. The molecule has 0 rings (SSSR count). The Morgan fingerprint density at radius 3 is 1.55 bits per heavy atom. The molecule has 0 N–H and O–H groups in total. The van der Waals surface area contributed by atoms with Crippen LogP contribution in [0.1, 0.15) is 90.4 Å². The third-order valence-corrected chi connectivity index (χ3v) is 3.73. The second kappa shape index (κ2) is 12.7. The number of unbranched alkanes of at least 4 members (excludes halogenated alkanes) is 10. The van der Waals surface area contributed by atoms with Crippen molar-refractivity contribution >= 4 is 11.6 Å². The SMILES string of the molecule is CCCCCCCCCCCCCC(=O)CC(=O)C(F)(F)F. The highest BCUT2D eigenvalue weighted by molar-refractivity contribution is 6.01. The van der Waals surface area contributed by atoms with Crippen LogP contribution in [0.15, 0.2) is 0 Å². The summed E-state index contributed by atoms with van der Waals surface area (Å²) in [4.78, 5) is 21.9. The molecule has 0 spiro atoms. The molecular formula is C17H29F3O2. The minimum Gasteiger partial charge on any atom is -0.299 e. The second-order valence-corrected chi connectivity index (χ2v) is 5.92. The smallest absolute Gasteiger partial charge is 0.299 e. The van der Waals surface area contributed by atoms with Crippen molar-refractivity contribution < 1.29 is 22.8 Å². The van der Waals surface area contributed by atoms with Crippen LogP contribution in [0.5, 0.6) is 0 Å². The van der Waals surface area contributed by atoms with Crippen LogP contribution < -0.4 is 0 Å². The average molecular weight is 322 g/mol. The zero-order valence-corrected chi connectivity index (χ0v) is 13.6. The van der Waals surface area contributed by atoms with Crippen molar-refractivity contribution in [1.82, 2.24) is 0 Å². The summed E-state index contributed by atoms with van der Waals surface area (Å²) in [6.07, 6.45) is 6.64. The lowest BCUT2D eigenvalue weighted by molar-refractivity contribution is -0.171. The zero-order chi connectivity index (χ0) is 16.8. The molecule has 2 nitrogen and oxygen atoms in total. The monoisotopic (exact) mass is 322 g/mol. The van der Waals surface area contributed by atoms with Crippen LogP contribution in [0.2, 0.25) is 0 Å². The van der Waals surface area contributed by atoms with Crippen LogP contribution in [-0.2, 0) is 9.59 Å². The van der Waals surface area contributed by atoms with Crippen LogP contribution in [0.25, 0.3) is 0 Å². The predicted octanol–water partition coefficient (Wildman–Crippen LogP) is 5.78. The molecule has 22 heavy (non-hydrogen) atoms. The van der Waals surface area contributed by atoms with E-state index in [1.165, 1.54) is 44.9 Å². The van der Waals surface area contributed by atoms with Gasteiger partial charge in [-0.1, -0.05) is 71.1 Å².